The summed E-state index contributed by atoms with van der Waals surface area (Å²) in [6.07, 6.45) is 0. The van der Waals surface area contributed by atoms with Gasteiger partial charge in [-0.15, -0.1) is 0 Å². The summed E-state index contributed by atoms with van der Waals surface area (Å²) in [4.78, 5) is 0. The van der Waals surface area contributed by atoms with Crippen molar-refractivity contribution in [2.45, 2.75) is 6.92 Å². The van der Waals surface area contributed by atoms with Gasteiger partial charge in [0.25, 0.3) is 0 Å². The van der Waals surface area contributed by atoms with Crippen LogP contribution in [0.15, 0.2) is 127 Å². The maximum absolute atomic E-state index is 2.53. The summed E-state index contributed by atoms with van der Waals surface area (Å²) >= 11 is 0. The standard InChI is InChI=1S/C33H24Si/c1-23-15-18-28(19-16-23)34(27-12-3-2-4-13-27)32-22-26-11-6-5-10-25(26)21-31(32)30-20-17-24-9-7-8-14-29(24)33(30)34/h2-22H,1H3. The lowest BCUT2D eigenvalue weighted by Gasteiger charge is -2.32. The molecule has 0 saturated carbocycles. The smallest absolute Gasteiger partial charge is 0.0623 e. The summed E-state index contributed by atoms with van der Waals surface area (Å²) in [5.74, 6) is 0. The molecule has 0 amide bonds. The summed E-state index contributed by atoms with van der Waals surface area (Å²) in [6.45, 7) is 2.18. The Hall–Kier alpha value is -3.94. The molecule has 6 aromatic carbocycles. The van der Waals surface area contributed by atoms with Gasteiger partial charge in [0.15, 0.2) is 8.07 Å². The monoisotopic (exact) mass is 448 g/mol. The highest BCUT2D eigenvalue weighted by Crippen LogP contribution is 2.34. The highest BCUT2D eigenvalue weighted by atomic mass is 28.3. The zero-order valence-corrected chi connectivity index (χ0v) is 20.1. The Morgan fingerprint density at radius 2 is 1.09 bits per heavy atom. The molecule has 0 nitrogen and oxygen atoms in total. The van der Waals surface area contributed by atoms with Gasteiger partial charge in [-0.25, -0.2) is 0 Å². The van der Waals surface area contributed by atoms with Gasteiger partial charge in [-0.2, -0.15) is 0 Å². The van der Waals surface area contributed by atoms with Crippen LogP contribution in [0, 0.1) is 6.92 Å². The minimum absolute atomic E-state index is 1.30. The first-order chi connectivity index (χ1) is 16.8. The number of benzene rings is 6. The van der Waals surface area contributed by atoms with E-state index in [4.69, 9.17) is 0 Å². The van der Waals surface area contributed by atoms with Crippen molar-refractivity contribution >= 4 is 50.4 Å². The molecular weight excluding hydrogens is 424 g/mol. The summed E-state index contributed by atoms with van der Waals surface area (Å²) in [6, 6.07) is 48.0. The van der Waals surface area contributed by atoms with Crippen LogP contribution in [0.4, 0.5) is 0 Å². The Morgan fingerprint density at radius 3 is 1.85 bits per heavy atom. The topological polar surface area (TPSA) is 0 Å². The summed E-state index contributed by atoms with van der Waals surface area (Å²) in [5, 5.41) is 11.3. The molecule has 34 heavy (non-hydrogen) atoms. The zero-order chi connectivity index (χ0) is 22.7. The van der Waals surface area contributed by atoms with E-state index in [9.17, 15) is 0 Å². The van der Waals surface area contributed by atoms with Gasteiger partial charge in [0, 0.05) is 0 Å². The quantitative estimate of drug-likeness (QED) is 0.299. The Balaban J connectivity index is 1.74. The van der Waals surface area contributed by atoms with Crippen molar-refractivity contribution in [3.8, 4) is 11.1 Å². The second-order valence-corrected chi connectivity index (χ2v) is 13.1. The average Bonchev–Trinajstić information content (AvgIpc) is 3.19. The molecule has 0 bridgehead atoms. The van der Waals surface area contributed by atoms with E-state index in [-0.39, 0.29) is 0 Å². The average molecular weight is 449 g/mol. The molecule has 0 N–H and O–H groups in total. The van der Waals surface area contributed by atoms with Crippen LogP contribution in [-0.2, 0) is 0 Å². The SMILES string of the molecule is Cc1ccc([Si]2(c3ccccc3)c3cc4ccccc4cc3-c3ccc4ccccc4c32)cc1. The van der Waals surface area contributed by atoms with Gasteiger partial charge in [-0.1, -0.05) is 127 Å². The van der Waals surface area contributed by atoms with Gasteiger partial charge in [0.1, 0.15) is 0 Å². The van der Waals surface area contributed by atoms with Crippen molar-refractivity contribution in [1.29, 1.82) is 0 Å². The summed E-state index contributed by atoms with van der Waals surface area (Å²) in [7, 11) is -2.53. The van der Waals surface area contributed by atoms with Gasteiger partial charge in [-0.05, 0) is 66.4 Å². The minimum Gasteiger partial charge on any atom is -0.0623 e. The molecule has 0 radical (unpaired) electrons. The lowest BCUT2D eigenvalue weighted by molar-refractivity contribution is 1.49. The van der Waals surface area contributed by atoms with E-state index < -0.39 is 8.07 Å². The predicted molar refractivity (Wildman–Crippen MR) is 149 cm³/mol. The molecule has 1 heteroatoms. The predicted octanol–water partition coefficient (Wildman–Crippen LogP) is 5.66. The molecule has 160 valence electrons. The number of fused-ring (bicyclic) bond motifs is 6. The van der Waals surface area contributed by atoms with E-state index in [1.54, 1.807) is 0 Å². The van der Waals surface area contributed by atoms with Gasteiger partial charge >= 0.3 is 0 Å². The van der Waals surface area contributed by atoms with E-state index in [0.717, 1.165) is 0 Å². The van der Waals surface area contributed by atoms with Crippen LogP contribution in [0.1, 0.15) is 5.56 Å². The summed E-state index contributed by atoms with van der Waals surface area (Å²) in [5.41, 5.74) is 4.10. The molecule has 1 atom stereocenters. The molecule has 1 aliphatic heterocycles. The second kappa shape index (κ2) is 7.28. The van der Waals surface area contributed by atoms with Crippen LogP contribution in [0.2, 0.25) is 0 Å². The number of aryl methyl sites for hydroxylation is 1. The Kier molecular flexibility index (Phi) is 4.18. The van der Waals surface area contributed by atoms with E-state index in [0.29, 0.717) is 0 Å². The van der Waals surface area contributed by atoms with Crippen molar-refractivity contribution in [1.82, 2.24) is 0 Å². The molecule has 6 aromatic rings. The molecule has 7 rings (SSSR count). The number of hydrogen-bond acceptors (Lipinski definition) is 0. The first-order valence-corrected chi connectivity index (χ1v) is 14.0. The molecule has 0 fully saturated rings. The molecule has 0 aromatic heterocycles. The van der Waals surface area contributed by atoms with Crippen LogP contribution in [0.5, 0.6) is 0 Å². The fraction of sp³-hybridized carbons (Fsp3) is 0.0303. The third kappa shape index (κ3) is 2.59. The van der Waals surface area contributed by atoms with E-state index >= 15 is 0 Å². The molecular formula is C33H24Si. The second-order valence-electron chi connectivity index (χ2n) is 9.44. The van der Waals surface area contributed by atoms with Crippen LogP contribution in [0.25, 0.3) is 32.7 Å². The van der Waals surface area contributed by atoms with E-state index in [1.165, 1.54) is 59.0 Å². The normalized spacial score (nSPS) is 16.5. The minimum atomic E-state index is -2.53. The van der Waals surface area contributed by atoms with Gasteiger partial charge in [-0.3, -0.25) is 0 Å². The Labute approximate surface area is 201 Å². The maximum Gasteiger partial charge on any atom is 0.181 e. The number of rotatable bonds is 2. The third-order valence-electron chi connectivity index (χ3n) is 7.58. The fourth-order valence-corrected chi connectivity index (χ4v) is 11.5. The molecule has 1 heterocycles. The van der Waals surface area contributed by atoms with Crippen LogP contribution in [0.3, 0.4) is 0 Å². The van der Waals surface area contributed by atoms with Crippen molar-refractivity contribution in [2.24, 2.45) is 0 Å². The van der Waals surface area contributed by atoms with E-state index in [2.05, 4.69) is 134 Å². The van der Waals surface area contributed by atoms with Gasteiger partial charge in [0.2, 0.25) is 0 Å². The lowest BCUT2D eigenvalue weighted by Crippen LogP contribution is -2.73. The van der Waals surface area contributed by atoms with Crippen molar-refractivity contribution in [3.05, 3.63) is 133 Å². The Bertz CT molecular complexity index is 1700. The zero-order valence-electron chi connectivity index (χ0n) is 19.1. The number of hydrogen-bond donors (Lipinski definition) is 0. The molecule has 0 aliphatic carbocycles. The van der Waals surface area contributed by atoms with Gasteiger partial charge < -0.3 is 0 Å². The van der Waals surface area contributed by atoms with Crippen molar-refractivity contribution in [2.75, 3.05) is 0 Å². The Morgan fingerprint density at radius 1 is 0.471 bits per heavy atom. The van der Waals surface area contributed by atoms with Crippen molar-refractivity contribution < 1.29 is 0 Å². The molecule has 1 aliphatic rings. The fourth-order valence-electron chi connectivity index (χ4n) is 6.07. The first kappa shape index (κ1) is 19.5. The van der Waals surface area contributed by atoms with Crippen LogP contribution >= 0.6 is 0 Å². The van der Waals surface area contributed by atoms with Crippen LogP contribution in [-0.4, -0.2) is 8.07 Å². The van der Waals surface area contributed by atoms with Gasteiger partial charge in [0.05, 0.1) is 0 Å². The van der Waals surface area contributed by atoms with E-state index in [1.807, 2.05) is 0 Å². The molecule has 1 unspecified atom stereocenters. The summed E-state index contributed by atoms with van der Waals surface area (Å²) < 4.78 is 0. The largest absolute Gasteiger partial charge is 0.181 e. The van der Waals surface area contributed by atoms with Crippen molar-refractivity contribution in [3.63, 3.8) is 0 Å². The lowest BCUT2D eigenvalue weighted by atomic mass is 9.99. The molecule has 0 saturated heterocycles. The highest BCUT2D eigenvalue weighted by molar-refractivity contribution is 7.23. The highest BCUT2D eigenvalue weighted by Gasteiger charge is 2.49. The first-order valence-electron chi connectivity index (χ1n) is 12.0. The third-order valence-corrected chi connectivity index (χ3v) is 12.5. The molecule has 0 spiro atoms. The van der Waals surface area contributed by atoms with Crippen LogP contribution < -0.4 is 20.7 Å². The maximum atomic E-state index is 2.50.